The van der Waals surface area contributed by atoms with Crippen molar-refractivity contribution in [1.29, 1.82) is 0 Å². The third kappa shape index (κ3) is 3.40. The van der Waals surface area contributed by atoms with Gasteiger partial charge in [-0.15, -0.1) is 13.2 Å². The van der Waals surface area contributed by atoms with E-state index in [-0.39, 0.29) is 23.4 Å². The molecule has 0 unspecified atom stereocenters. The topological polar surface area (TPSA) is 26.3 Å². The van der Waals surface area contributed by atoms with Gasteiger partial charge in [-0.05, 0) is 37.3 Å². The second kappa shape index (κ2) is 5.97. The second-order valence-corrected chi connectivity index (χ2v) is 4.90. The van der Waals surface area contributed by atoms with Crippen molar-refractivity contribution >= 4 is 5.78 Å². The highest BCUT2D eigenvalue weighted by Crippen LogP contribution is 2.32. The van der Waals surface area contributed by atoms with Crippen molar-refractivity contribution < 1.29 is 9.53 Å². The number of rotatable bonds is 6. The minimum Gasteiger partial charge on any atom is -0.359 e. The van der Waals surface area contributed by atoms with Crippen molar-refractivity contribution in [3.8, 4) is 0 Å². The zero-order valence-corrected chi connectivity index (χ0v) is 10.8. The molecule has 0 bridgehead atoms. The summed E-state index contributed by atoms with van der Waals surface area (Å²) in [7, 11) is 0. The van der Waals surface area contributed by atoms with Crippen LogP contribution in [0.4, 0.5) is 0 Å². The minimum atomic E-state index is -0.376. The fraction of sp³-hybridized carbons (Fsp3) is 0.533. The smallest absolute Gasteiger partial charge is 0.184 e. The molecule has 0 aromatic heterocycles. The van der Waals surface area contributed by atoms with E-state index in [1.165, 1.54) is 0 Å². The van der Waals surface area contributed by atoms with Crippen LogP contribution in [0.25, 0.3) is 0 Å². The molecule has 0 radical (unpaired) electrons. The van der Waals surface area contributed by atoms with Crippen LogP contribution in [0.5, 0.6) is 0 Å². The van der Waals surface area contributed by atoms with E-state index in [0.717, 1.165) is 19.3 Å². The highest BCUT2D eigenvalue weighted by atomic mass is 16.5. The lowest BCUT2D eigenvalue weighted by atomic mass is 9.87. The van der Waals surface area contributed by atoms with Crippen LogP contribution < -0.4 is 0 Å². The van der Waals surface area contributed by atoms with E-state index in [1.54, 1.807) is 6.08 Å². The number of hydrogen-bond acceptors (Lipinski definition) is 2. The first-order valence-electron chi connectivity index (χ1n) is 6.17. The van der Waals surface area contributed by atoms with Crippen molar-refractivity contribution in [2.24, 2.45) is 5.92 Å². The first kappa shape index (κ1) is 13.9. The molecule has 0 spiro atoms. The summed E-state index contributed by atoms with van der Waals surface area (Å²) in [4.78, 5) is 11.7. The van der Waals surface area contributed by atoms with E-state index in [9.17, 15) is 4.79 Å². The fourth-order valence-corrected chi connectivity index (χ4v) is 2.09. The maximum Gasteiger partial charge on any atom is 0.184 e. The van der Waals surface area contributed by atoms with Gasteiger partial charge < -0.3 is 4.74 Å². The summed E-state index contributed by atoms with van der Waals surface area (Å²) in [6.45, 7) is 11.5. The molecule has 0 amide bonds. The Morgan fingerprint density at radius 3 is 2.71 bits per heavy atom. The van der Waals surface area contributed by atoms with Crippen LogP contribution >= 0.6 is 0 Å². The molecule has 2 atom stereocenters. The third-order valence-corrected chi connectivity index (χ3v) is 3.06. The van der Waals surface area contributed by atoms with E-state index >= 15 is 0 Å². The molecule has 1 heterocycles. The number of hydrogen-bond donors (Lipinski definition) is 0. The van der Waals surface area contributed by atoms with E-state index in [1.807, 2.05) is 32.1 Å². The lowest BCUT2D eigenvalue weighted by Gasteiger charge is -2.37. The highest BCUT2D eigenvalue weighted by molar-refractivity contribution is 5.94. The average Bonchev–Trinajstić information content (AvgIpc) is 2.30. The fourth-order valence-electron chi connectivity index (χ4n) is 2.09. The standard InChI is InChI=1S/C15H22O2/c1-5-7-10-15(9-6-2)11-8-13(16)14(17-15)12(3)4/h5-6,8,11-12,14H,1-2,7,9-10H2,3-4H3/t14-,15+/m1/s1. The summed E-state index contributed by atoms with van der Waals surface area (Å²) in [6.07, 6.45) is 9.40. The number of ketones is 1. The van der Waals surface area contributed by atoms with E-state index < -0.39 is 0 Å². The van der Waals surface area contributed by atoms with Crippen LogP contribution in [0.2, 0.25) is 0 Å². The van der Waals surface area contributed by atoms with Gasteiger partial charge in [0.15, 0.2) is 5.78 Å². The van der Waals surface area contributed by atoms with Crippen LogP contribution in [0.1, 0.15) is 33.1 Å². The van der Waals surface area contributed by atoms with Crippen molar-refractivity contribution in [2.75, 3.05) is 0 Å². The van der Waals surface area contributed by atoms with Crippen molar-refractivity contribution in [3.05, 3.63) is 37.5 Å². The highest BCUT2D eigenvalue weighted by Gasteiger charge is 2.37. The lowest BCUT2D eigenvalue weighted by Crippen LogP contribution is -2.43. The average molecular weight is 234 g/mol. The largest absolute Gasteiger partial charge is 0.359 e. The summed E-state index contributed by atoms with van der Waals surface area (Å²) in [5.41, 5.74) is -0.376. The molecular formula is C15H22O2. The van der Waals surface area contributed by atoms with Gasteiger partial charge in [0.25, 0.3) is 0 Å². The summed E-state index contributed by atoms with van der Waals surface area (Å²) >= 11 is 0. The van der Waals surface area contributed by atoms with Gasteiger partial charge in [0.2, 0.25) is 0 Å². The molecule has 1 rings (SSSR count). The van der Waals surface area contributed by atoms with E-state index in [2.05, 4.69) is 13.2 Å². The van der Waals surface area contributed by atoms with Crippen LogP contribution in [-0.4, -0.2) is 17.5 Å². The van der Waals surface area contributed by atoms with Gasteiger partial charge in [0, 0.05) is 0 Å². The Kier molecular flexibility index (Phi) is 4.88. The summed E-state index contributed by atoms with van der Waals surface area (Å²) in [5, 5.41) is 0. The number of carbonyl (C=O) groups excluding carboxylic acids is 1. The first-order valence-corrected chi connectivity index (χ1v) is 6.17. The second-order valence-electron chi connectivity index (χ2n) is 4.90. The molecule has 0 saturated carbocycles. The van der Waals surface area contributed by atoms with Gasteiger partial charge in [-0.2, -0.15) is 0 Å². The Morgan fingerprint density at radius 1 is 1.47 bits per heavy atom. The molecule has 1 aliphatic rings. The predicted molar refractivity (Wildman–Crippen MR) is 70.8 cm³/mol. The van der Waals surface area contributed by atoms with Crippen LogP contribution in [0, 0.1) is 5.92 Å². The van der Waals surface area contributed by atoms with Crippen LogP contribution in [-0.2, 0) is 9.53 Å². The zero-order valence-electron chi connectivity index (χ0n) is 10.8. The predicted octanol–water partition coefficient (Wildman–Crippen LogP) is 3.45. The Labute approximate surface area is 104 Å². The molecule has 0 aromatic carbocycles. The van der Waals surface area contributed by atoms with E-state index in [4.69, 9.17) is 4.74 Å². The monoisotopic (exact) mass is 234 g/mol. The molecule has 0 aromatic rings. The molecule has 17 heavy (non-hydrogen) atoms. The maximum atomic E-state index is 11.7. The minimum absolute atomic E-state index is 0.0679. The van der Waals surface area contributed by atoms with E-state index in [0.29, 0.717) is 0 Å². The molecule has 0 fully saturated rings. The summed E-state index contributed by atoms with van der Waals surface area (Å²) in [5.74, 6) is 0.263. The maximum absolute atomic E-state index is 11.7. The van der Waals surface area contributed by atoms with Crippen LogP contribution in [0.3, 0.4) is 0 Å². The molecule has 1 aliphatic heterocycles. The van der Waals surface area contributed by atoms with Gasteiger partial charge >= 0.3 is 0 Å². The Bertz CT molecular complexity index is 328. The van der Waals surface area contributed by atoms with Gasteiger partial charge in [-0.1, -0.05) is 26.0 Å². The Balaban J connectivity index is 2.90. The number of ether oxygens (including phenoxy) is 1. The third-order valence-electron chi connectivity index (χ3n) is 3.06. The van der Waals surface area contributed by atoms with Gasteiger partial charge in [0.1, 0.15) is 6.10 Å². The molecule has 0 aliphatic carbocycles. The zero-order chi connectivity index (χ0) is 12.9. The van der Waals surface area contributed by atoms with Crippen molar-refractivity contribution in [2.45, 2.75) is 44.8 Å². The molecule has 0 saturated heterocycles. The number of allylic oxidation sites excluding steroid dienone is 1. The summed E-state index contributed by atoms with van der Waals surface area (Å²) < 4.78 is 6.03. The first-order chi connectivity index (χ1) is 8.04. The summed E-state index contributed by atoms with van der Waals surface area (Å²) in [6, 6.07) is 0. The van der Waals surface area contributed by atoms with Gasteiger partial charge in [0.05, 0.1) is 5.60 Å². The lowest BCUT2D eigenvalue weighted by molar-refractivity contribution is -0.144. The van der Waals surface area contributed by atoms with Gasteiger partial charge in [-0.3, -0.25) is 4.79 Å². The molecule has 2 heteroatoms. The Hall–Kier alpha value is -1.15. The number of carbonyl (C=O) groups is 1. The molecule has 2 nitrogen and oxygen atoms in total. The molecule has 0 N–H and O–H groups in total. The molecule has 94 valence electrons. The van der Waals surface area contributed by atoms with Crippen molar-refractivity contribution in [1.82, 2.24) is 0 Å². The normalized spacial score (nSPS) is 28.4. The SMILES string of the molecule is C=CCC[C@@]1(CC=C)C=CC(=O)[C@@H](C(C)C)O1. The van der Waals surface area contributed by atoms with Crippen LogP contribution in [0.15, 0.2) is 37.5 Å². The van der Waals surface area contributed by atoms with Gasteiger partial charge in [-0.25, -0.2) is 0 Å². The quantitative estimate of drug-likeness (QED) is 0.658. The van der Waals surface area contributed by atoms with Crippen molar-refractivity contribution in [3.63, 3.8) is 0 Å². The molecular weight excluding hydrogens is 212 g/mol. The Morgan fingerprint density at radius 2 is 2.18 bits per heavy atom.